The van der Waals surface area contributed by atoms with Gasteiger partial charge in [-0.15, -0.1) is 0 Å². The minimum Gasteiger partial charge on any atom is -0.396 e. The molecular formula is C16H15BrN4. The van der Waals surface area contributed by atoms with Gasteiger partial charge in [0, 0.05) is 16.1 Å². The van der Waals surface area contributed by atoms with Gasteiger partial charge in [0.1, 0.15) is 0 Å². The summed E-state index contributed by atoms with van der Waals surface area (Å²) in [6.07, 6.45) is 3.47. The van der Waals surface area contributed by atoms with E-state index in [9.17, 15) is 0 Å². The monoisotopic (exact) mass is 342 g/mol. The molecule has 1 atom stereocenters. The summed E-state index contributed by atoms with van der Waals surface area (Å²) in [7, 11) is 0. The Hall–Kier alpha value is -2.14. The Morgan fingerprint density at radius 1 is 1.19 bits per heavy atom. The van der Waals surface area contributed by atoms with Crippen molar-refractivity contribution in [3.63, 3.8) is 0 Å². The highest BCUT2D eigenvalue weighted by molar-refractivity contribution is 9.10. The molecule has 1 unspecified atom stereocenters. The first-order valence-corrected chi connectivity index (χ1v) is 7.45. The average Bonchev–Trinajstić information content (AvgIpc) is 2.51. The fraction of sp³-hybridized carbons (Fsp3) is 0.125. The summed E-state index contributed by atoms with van der Waals surface area (Å²) in [4.78, 5) is 8.73. The minimum atomic E-state index is 0.0538. The van der Waals surface area contributed by atoms with Crippen molar-refractivity contribution in [3.05, 3.63) is 59.0 Å². The predicted molar refractivity (Wildman–Crippen MR) is 90.1 cm³/mol. The number of fused-ring (bicyclic) bond motifs is 1. The van der Waals surface area contributed by atoms with Gasteiger partial charge >= 0.3 is 0 Å². The van der Waals surface area contributed by atoms with E-state index in [1.807, 2.05) is 36.4 Å². The Morgan fingerprint density at radius 3 is 2.81 bits per heavy atom. The van der Waals surface area contributed by atoms with Crippen molar-refractivity contribution in [2.75, 3.05) is 11.1 Å². The fourth-order valence-corrected chi connectivity index (χ4v) is 2.62. The Balaban J connectivity index is 2.03. The van der Waals surface area contributed by atoms with Crippen molar-refractivity contribution in [2.45, 2.75) is 13.0 Å². The van der Waals surface area contributed by atoms with Crippen molar-refractivity contribution >= 4 is 38.2 Å². The number of halogens is 1. The molecule has 4 nitrogen and oxygen atoms in total. The smallest absolute Gasteiger partial charge is 0.0743 e. The maximum Gasteiger partial charge on any atom is 0.0743 e. The molecule has 0 spiro atoms. The normalized spacial score (nSPS) is 12.3. The largest absolute Gasteiger partial charge is 0.396 e. The number of nitrogens with zero attached hydrogens (tertiary/aromatic N) is 2. The second-order valence-electron chi connectivity index (χ2n) is 4.87. The van der Waals surface area contributed by atoms with Crippen LogP contribution >= 0.6 is 15.9 Å². The third kappa shape index (κ3) is 2.83. The molecule has 0 saturated carbocycles. The quantitative estimate of drug-likeness (QED) is 0.750. The third-order valence-electron chi connectivity index (χ3n) is 3.35. The van der Waals surface area contributed by atoms with Crippen LogP contribution in [0.4, 0.5) is 11.4 Å². The molecule has 5 heteroatoms. The van der Waals surface area contributed by atoms with Crippen molar-refractivity contribution < 1.29 is 0 Å². The predicted octanol–water partition coefficient (Wildman–Crippen LogP) is 4.15. The van der Waals surface area contributed by atoms with Gasteiger partial charge < -0.3 is 11.1 Å². The lowest BCUT2D eigenvalue weighted by Crippen LogP contribution is -2.10. The van der Waals surface area contributed by atoms with E-state index in [4.69, 9.17) is 5.73 Å². The number of nitrogen functional groups attached to an aromatic ring is 1. The van der Waals surface area contributed by atoms with Crippen LogP contribution in [0.1, 0.15) is 18.7 Å². The van der Waals surface area contributed by atoms with Crippen molar-refractivity contribution in [1.82, 2.24) is 9.97 Å². The van der Waals surface area contributed by atoms with Crippen LogP contribution in [0, 0.1) is 0 Å². The van der Waals surface area contributed by atoms with Crippen molar-refractivity contribution in [2.24, 2.45) is 0 Å². The Morgan fingerprint density at radius 2 is 2.05 bits per heavy atom. The van der Waals surface area contributed by atoms with Crippen LogP contribution in [0.3, 0.4) is 0 Å². The van der Waals surface area contributed by atoms with Crippen LogP contribution in [0.25, 0.3) is 10.9 Å². The highest BCUT2D eigenvalue weighted by atomic mass is 79.9. The molecule has 3 rings (SSSR count). The first kappa shape index (κ1) is 13.8. The Kier molecular flexibility index (Phi) is 3.75. The molecule has 0 saturated heterocycles. The lowest BCUT2D eigenvalue weighted by Gasteiger charge is -2.18. The molecule has 3 aromatic rings. The van der Waals surface area contributed by atoms with Crippen LogP contribution in [0.15, 0.2) is 53.3 Å². The number of benzene rings is 1. The summed E-state index contributed by atoms with van der Waals surface area (Å²) in [6, 6.07) is 11.9. The van der Waals surface area contributed by atoms with E-state index in [0.29, 0.717) is 5.69 Å². The zero-order chi connectivity index (χ0) is 14.8. The topological polar surface area (TPSA) is 63.8 Å². The van der Waals surface area contributed by atoms with E-state index < -0.39 is 0 Å². The van der Waals surface area contributed by atoms with E-state index in [0.717, 1.165) is 26.8 Å². The van der Waals surface area contributed by atoms with E-state index in [2.05, 4.69) is 38.1 Å². The minimum absolute atomic E-state index is 0.0538. The van der Waals surface area contributed by atoms with E-state index in [1.54, 1.807) is 12.4 Å². The van der Waals surface area contributed by atoms with Crippen LogP contribution < -0.4 is 11.1 Å². The van der Waals surface area contributed by atoms with Crippen LogP contribution in [0.5, 0.6) is 0 Å². The average molecular weight is 343 g/mol. The van der Waals surface area contributed by atoms with Gasteiger partial charge in [0.2, 0.25) is 0 Å². The molecule has 0 bridgehead atoms. The summed E-state index contributed by atoms with van der Waals surface area (Å²) >= 11 is 3.49. The molecule has 0 aliphatic carbocycles. The highest BCUT2D eigenvalue weighted by Crippen LogP contribution is 2.32. The van der Waals surface area contributed by atoms with E-state index in [1.165, 1.54) is 0 Å². The molecular weight excluding hydrogens is 328 g/mol. The molecule has 1 aromatic carbocycles. The molecule has 21 heavy (non-hydrogen) atoms. The van der Waals surface area contributed by atoms with Gasteiger partial charge in [0.25, 0.3) is 0 Å². The number of pyridine rings is 2. The molecule has 0 fully saturated rings. The summed E-state index contributed by atoms with van der Waals surface area (Å²) in [5.41, 5.74) is 9.49. The van der Waals surface area contributed by atoms with Crippen molar-refractivity contribution in [1.29, 1.82) is 0 Å². The van der Waals surface area contributed by atoms with Gasteiger partial charge in [-0.2, -0.15) is 0 Å². The van der Waals surface area contributed by atoms with E-state index in [-0.39, 0.29) is 6.04 Å². The SMILES string of the molecule is CC(Nc1c(N)cnc2ccc(Br)cc12)c1ccccn1. The highest BCUT2D eigenvalue weighted by Gasteiger charge is 2.12. The number of aromatic nitrogens is 2. The van der Waals surface area contributed by atoms with Gasteiger partial charge in [0.05, 0.1) is 34.8 Å². The molecule has 0 radical (unpaired) electrons. The number of nitrogens with two attached hydrogens (primary N) is 1. The summed E-state index contributed by atoms with van der Waals surface area (Å²) < 4.78 is 0.996. The molecule has 0 aliphatic heterocycles. The molecule has 0 amide bonds. The lowest BCUT2D eigenvalue weighted by atomic mass is 10.1. The first-order chi connectivity index (χ1) is 10.1. The second-order valence-corrected chi connectivity index (χ2v) is 5.79. The lowest BCUT2D eigenvalue weighted by molar-refractivity contribution is 0.841. The van der Waals surface area contributed by atoms with Crippen LogP contribution in [-0.4, -0.2) is 9.97 Å². The number of anilines is 2. The number of hydrogen-bond acceptors (Lipinski definition) is 4. The van der Waals surface area contributed by atoms with Crippen LogP contribution in [-0.2, 0) is 0 Å². The summed E-state index contributed by atoms with van der Waals surface area (Å²) in [5.74, 6) is 0. The van der Waals surface area contributed by atoms with Gasteiger partial charge in [-0.25, -0.2) is 0 Å². The number of hydrogen-bond donors (Lipinski definition) is 2. The zero-order valence-electron chi connectivity index (χ0n) is 11.5. The molecule has 106 valence electrons. The van der Waals surface area contributed by atoms with Crippen LogP contribution in [0.2, 0.25) is 0 Å². The number of nitrogens with one attached hydrogen (secondary N) is 1. The van der Waals surface area contributed by atoms with Gasteiger partial charge in [-0.05, 0) is 37.3 Å². The van der Waals surface area contributed by atoms with E-state index >= 15 is 0 Å². The maximum absolute atomic E-state index is 6.10. The van der Waals surface area contributed by atoms with Crippen molar-refractivity contribution in [3.8, 4) is 0 Å². The third-order valence-corrected chi connectivity index (χ3v) is 3.84. The standard InChI is InChI=1S/C16H15BrN4/c1-10(14-4-2-3-7-19-14)21-16-12-8-11(17)5-6-15(12)20-9-13(16)18/h2-10H,18H2,1H3,(H,20,21). The van der Waals surface area contributed by atoms with Gasteiger partial charge in [-0.1, -0.05) is 22.0 Å². The molecule has 0 aliphatic rings. The summed E-state index contributed by atoms with van der Waals surface area (Å²) in [6.45, 7) is 2.06. The molecule has 3 N–H and O–H groups in total. The van der Waals surface area contributed by atoms with Gasteiger partial charge in [-0.3, -0.25) is 9.97 Å². The first-order valence-electron chi connectivity index (χ1n) is 6.66. The zero-order valence-corrected chi connectivity index (χ0v) is 13.1. The Bertz CT molecular complexity index is 769. The Labute approximate surface area is 131 Å². The fourth-order valence-electron chi connectivity index (χ4n) is 2.26. The number of rotatable bonds is 3. The second kappa shape index (κ2) is 5.69. The molecule has 2 heterocycles. The maximum atomic E-state index is 6.10. The molecule has 2 aromatic heterocycles. The summed E-state index contributed by atoms with van der Waals surface area (Å²) in [5, 5.41) is 4.44. The van der Waals surface area contributed by atoms with Gasteiger partial charge in [0.15, 0.2) is 0 Å².